The highest BCUT2D eigenvalue weighted by Gasteiger charge is 2.28. The predicted octanol–water partition coefficient (Wildman–Crippen LogP) is 7.91. The van der Waals surface area contributed by atoms with Crippen molar-refractivity contribution in [1.82, 2.24) is 0 Å². The predicted molar refractivity (Wildman–Crippen MR) is 135 cm³/mol. The summed E-state index contributed by atoms with van der Waals surface area (Å²) in [6.45, 7) is 17.4. The van der Waals surface area contributed by atoms with Crippen LogP contribution in [0.4, 0.5) is 0 Å². The molecule has 0 unspecified atom stereocenters. The number of hydrogen-bond acceptors (Lipinski definition) is 2. The quantitative estimate of drug-likeness (QED) is 0.361. The van der Waals surface area contributed by atoms with Gasteiger partial charge in [-0.15, -0.1) is 0 Å². The molecule has 0 aliphatic carbocycles. The van der Waals surface area contributed by atoms with Gasteiger partial charge in [0.2, 0.25) is 0 Å². The second-order valence-corrected chi connectivity index (χ2v) is 10.2. The molecule has 0 fully saturated rings. The van der Waals surface area contributed by atoms with Gasteiger partial charge in [0.1, 0.15) is 11.5 Å². The Morgan fingerprint density at radius 2 is 0.844 bits per heavy atom. The number of hydrogen-bond donors (Lipinski definition) is 0. The SMILES string of the molecule is CC(C)Oc1ccc(C(C)(C)c2cccc(C(C)(C)c3ccc(OC(C)C)cc3)c2)cc1. The van der Waals surface area contributed by atoms with Gasteiger partial charge < -0.3 is 9.47 Å². The van der Waals surface area contributed by atoms with E-state index in [0.29, 0.717) is 0 Å². The summed E-state index contributed by atoms with van der Waals surface area (Å²) in [6.07, 6.45) is 0.359. The highest BCUT2D eigenvalue weighted by atomic mass is 16.5. The molecular formula is C30H38O2. The fourth-order valence-electron chi connectivity index (χ4n) is 4.07. The maximum absolute atomic E-state index is 5.82. The van der Waals surface area contributed by atoms with Crippen LogP contribution in [0.15, 0.2) is 72.8 Å². The van der Waals surface area contributed by atoms with Crippen LogP contribution in [-0.2, 0) is 10.8 Å². The van der Waals surface area contributed by atoms with Crippen molar-refractivity contribution in [2.45, 2.75) is 78.4 Å². The molecule has 3 aromatic rings. The molecule has 0 N–H and O–H groups in total. The van der Waals surface area contributed by atoms with Crippen molar-refractivity contribution < 1.29 is 9.47 Å². The largest absolute Gasteiger partial charge is 0.491 e. The molecule has 3 aromatic carbocycles. The lowest BCUT2D eigenvalue weighted by atomic mass is 9.73. The minimum atomic E-state index is -0.114. The van der Waals surface area contributed by atoms with E-state index in [9.17, 15) is 0 Å². The first kappa shape index (κ1) is 23.9. The van der Waals surface area contributed by atoms with Crippen LogP contribution in [0.3, 0.4) is 0 Å². The smallest absolute Gasteiger partial charge is 0.119 e. The molecular weight excluding hydrogens is 392 g/mol. The van der Waals surface area contributed by atoms with Crippen LogP contribution in [0.5, 0.6) is 11.5 Å². The van der Waals surface area contributed by atoms with Crippen LogP contribution in [0.1, 0.15) is 77.6 Å². The molecule has 2 nitrogen and oxygen atoms in total. The monoisotopic (exact) mass is 430 g/mol. The Morgan fingerprint density at radius 3 is 1.16 bits per heavy atom. The van der Waals surface area contributed by atoms with E-state index in [1.807, 2.05) is 0 Å². The molecule has 0 bridgehead atoms. The van der Waals surface area contributed by atoms with Gasteiger partial charge in [-0.25, -0.2) is 0 Å². The van der Waals surface area contributed by atoms with Crippen molar-refractivity contribution >= 4 is 0 Å². The molecule has 170 valence electrons. The van der Waals surface area contributed by atoms with E-state index in [2.05, 4.69) is 128 Å². The molecule has 32 heavy (non-hydrogen) atoms. The average molecular weight is 431 g/mol. The summed E-state index contributed by atoms with van der Waals surface area (Å²) in [4.78, 5) is 0. The molecule has 0 saturated heterocycles. The van der Waals surface area contributed by atoms with Crippen molar-refractivity contribution in [3.05, 3.63) is 95.1 Å². The molecule has 0 aromatic heterocycles. The summed E-state index contributed by atoms with van der Waals surface area (Å²) < 4.78 is 11.6. The van der Waals surface area contributed by atoms with Gasteiger partial charge in [0.25, 0.3) is 0 Å². The van der Waals surface area contributed by atoms with Gasteiger partial charge >= 0.3 is 0 Å². The van der Waals surface area contributed by atoms with E-state index in [1.165, 1.54) is 22.3 Å². The first-order valence-electron chi connectivity index (χ1n) is 11.7. The van der Waals surface area contributed by atoms with E-state index in [-0.39, 0.29) is 23.0 Å². The second-order valence-electron chi connectivity index (χ2n) is 10.2. The summed E-state index contributed by atoms with van der Waals surface area (Å²) >= 11 is 0. The second kappa shape index (κ2) is 9.40. The van der Waals surface area contributed by atoms with Gasteiger partial charge in [-0.3, -0.25) is 0 Å². The van der Waals surface area contributed by atoms with E-state index < -0.39 is 0 Å². The maximum Gasteiger partial charge on any atom is 0.119 e. The Hall–Kier alpha value is -2.74. The zero-order valence-electron chi connectivity index (χ0n) is 20.9. The Morgan fingerprint density at radius 1 is 0.500 bits per heavy atom. The average Bonchev–Trinajstić information content (AvgIpc) is 2.74. The van der Waals surface area contributed by atoms with Gasteiger partial charge in [-0.1, -0.05) is 76.2 Å². The molecule has 0 aliphatic rings. The summed E-state index contributed by atoms with van der Waals surface area (Å²) in [6, 6.07) is 26.0. The first-order valence-corrected chi connectivity index (χ1v) is 11.7. The number of rotatable bonds is 8. The van der Waals surface area contributed by atoms with E-state index in [0.717, 1.165) is 11.5 Å². The molecule has 0 saturated carbocycles. The third-order valence-electron chi connectivity index (χ3n) is 6.20. The lowest BCUT2D eigenvalue weighted by Gasteiger charge is -2.31. The topological polar surface area (TPSA) is 18.5 Å². The van der Waals surface area contributed by atoms with Gasteiger partial charge in [-0.05, 0) is 74.2 Å². The van der Waals surface area contributed by atoms with Crippen molar-refractivity contribution in [3.63, 3.8) is 0 Å². The normalized spacial score (nSPS) is 12.3. The fourth-order valence-corrected chi connectivity index (χ4v) is 4.07. The standard InChI is InChI=1S/C30H38O2/c1-21(2)31-27-16-12-23(13-17-27)29(5,6)25-10-9-11-26(20-25)30(7,8)24-14-18-28(19-15-24)32-22(3)4/h9-22H,1-8H3. The molecule has 0 radical (unpaired) electrons. The third-order valence-corrected chi connectivity index (χ3v) is 6.20. The molecule has 3 rings (SSSR count). The zero-order valence-corrected chi connectivity index (χ0v) is 20.9. The molecule has 2 heteroatoms. The number of ether oxygens (including phenoxy) is 2. The van der Waals surface area contributed by atoms with Crippen LogP contribution < -0.4 is 9.47 Å². The van der Waals surface area contributed by atoms with Crippen molar-refractivity contribution in [2.75, 3.05) is 0 Å². The number of benzene rings is 3. The highest BCUT2D eigenvalue weighted by molar-refractivity contribution is 5.46. The van der Waals surface area contributed by atoms with Gasteiger partial charge in [0, 0.05) is 10.8 Å². The Bertz CT molecular complexity index is 929. The van der Waals surface area contributed by atoms with Crippen LogP contribution in [0.25, 0.3) is 0 Å². The fraction of sp³-hybridized carbons (Fsp3) is 0.400. The summed E-state index contributed by atoms with van der Waals surface area (Å²) in [5.74, 6) is 1.83. The van der Waals surface area contributed by atoms with Gasteiger partial charge in [-0.2, -0.15) is 0 Å². The Kier molecular flexibility index (Phi) is 7.03. The molecule has 0 spiro atoms. The van der Waals surface area contributed by atoms with E-state index in [4.69, 9.17) is 9.47 Å². The third kappa shape index (κ3) is 5.35. The van der Waals surface area contributed by atoms with Crippen LogP contribution in [0, 0.1) is 0 Å². The van der Waals surface area contributed by atoms with E-state index in [1.54, 1.807) is 0 Å². The maximum atomic E-state index is 5.82. The summed E-state index contributed by atoms with van der Waals surface area (Å²) in [5, 5.41) is 0. The van der Waals surface area contributed by atoms with Crippen molar-refractivity contribution in [2.24, 2.45) is 0 Å². The van der Waals surface area contributed by atoms with Crippen LogP contribution in [-0.4, -0.2) is 12.2 Å². The lowest BCUT2D eigenvalue weighted by Crippen LogP contribution is -2.23. The Balaban J connectivity index is 1.89. The minimum Gasteiger partial charge on any atom is -0.491 e. The molecule has 0 amide bonds. The highest BCUT2D eigenvalue weighted by Crippen LogP contribution is 2.37. The van der Waals surface area contributed by atoms with Crippen LogP contribution in [0.2, 0.25) is 0 Å². The molecule has 0 aliphatic heterocycles. The summed E-state index contributed by atoms with van der Waals surface area (Å²) in [7, 11) is 0. The van der Waals surface area contributed by atoms with Gasteiger partial charge in [0.05, 0.1) is 12.2 Å². The van der Waals surface area contributed by atoms with E-state index >= 15 is 0 Å². The van der Waals surface area contributed by atoms with Crippen molar-refractivity contribution in [1.29, 1.82) is 0 Å². The van der Waals surface area contributed by atoms with Crippen molar-refractivity contribution in [3.8, 4) is 11.5 Å². The minimum absolute atomic E-state index is 0.114. The summed E-state index contributed by atoms with van der Waals surface area (Å²) in [5.41, 5.74) is 4.94. The first-order chi connectivity index (χ1) is 15.0. The van der Waals surface area contributed by atoms with Crippen LogP contribution >= 0.6 is 0 Å². The van der Waals surface area contributed by atoms with Gasteiger partial charge in [0.15, 0.2) is 0 Å². The molecule has 0 atom stereocenters. The Labute approximate surface area is 194 Å². The lowest BCUT2D eigenvalue weighted by molar-refractivity contribution is 0.242. The zero-order chi connectivity index (χ0) is 23.5. The molecule has 0 heterocycles.